The lowest BCUT2D eigenvalue weighted by molar-refractivity contribution is 0.0457. The topological polar surface area (TPSA) is 35.2 Å². The number of nitrogens with two attached hydrogens (primary N) is 1. The van der Waals surface area contributed by atoms with Crippen LogP contribution < -0.4 is 5.73 Å². The van der Waals surface area contributed by atoms with Crippen LogP contribution in [0.3, 0.4) is 0 Å². The van der Waals surface area contributed by atoms with Gasteiger partial charge in [-0.2, -0.15) is 0 Å². The first kappa shape index (κ1) is 10.7. The number of hydrogen-bond donors (Lipinski definition) is 1. The second-order valence-electron chi connectivity index (χ2n) is 4.24. The van der Waals surface area contributed by atoms with Crippen molar-refractivity contribution in [1.82, 2.24) is 0 Å². The molecule has 0 heterocycles. The zero-order valence-corrected chi connectivity index (χ0v) is 9.11. The summed E-state index contributed by atoms with van der Waals surface area (Å²) in [6, 6.07) is 8.37. The van der Waals surface area contributed by atoms with Crippen LogP contribution in [0.4, 0.5) is 0 Å². The van der Waals surface area contributed by atoms with Crippen molar-refractivity contribution < 1.29 is 4.74 Å². The fourth-order valence-corrected chi connectivity index (χ4v) is 2.04. The summed E-state index contributed by atoms with van der Waals surface area (Å²) >= 11 is 0. The lowest BCUT2D eigenvalue weighted by atomic mass is 10.1. The van der Waals surface area contributed by atoms with Gasteiger partial charge in [0.1, 0.15) is 0 Å². The minimum absolute atomic E-state index is 0.499. The third-order valence-corrected chi connectivity index (χ3v) is 3.05. The first-order valence-corrected chi connectivity index (χ1v) is 5.78. The van der Waals surface area contributed by atoms with Crippen LogP contribution in [0.25, 0.3) is 0 Å². The summed E-state index contributed by atoms with van der Waals surface area (Å²) < 4.78 is 5.83. The Bertz CT molecular complexity index is 288. The summed E-state index contributed by atoms with van der Waals surface area (Å²) in [5, 5.41) is 0. The van der Waals surface area contributed by atoms with Crippen LogP contribution >= 0.6 is 0 Å². The van der Waals surface area contributed by atoms with E-state index in [0.717, 1.165) is 6.61 Å². The van der Waals surface area contributed by atoms with Gasteiger partial charge in [0.2, 0.25) is 0 Å². The minimum Gasteiger partial charge on any atom is -0.374 e. The van der Waals surface area contributed by atoms with Crippen molar-refractivity contribution in [2.24, 2.45) is 5.73 Å². The molecule has 0 atom stereocenters. The van der Waals surface area contributed by atoms with Gasteiger partial charge >= 0.3 is 0 Å². The Morgan fingerprint density at radius 1 is 1.07 bits per heavy atom. The quantitative estimate of drug-likeness (QED) is 0.820. The summed E-state index contributed by atoms with van der Waals surface area (Å²) in [5.41, 5.74) is 7.97. The van der Waals surface area contributed by atoms with E-state index in [9.17, 15) is 0 Å². The molecule has 1 aromatic rings. The second kappa shape index (κ2) is 5.29. The van der Waals surface area contributed by atoms with Crippen LogP contribution in [0.2, 0.25) is 0 Å². The van der Waals surface area contributed by atoms with Crippen molar-refractivity contribution in [1.29, 1.82) is 0 Å². The molecule has 0 bridgehead atoms. The smallest absolute Gasteiger partial charge is 0.0720 e. The molecule has 2 nitrogen and oxygen atoms in total. The predicted octanol–water partition coefficient (Wildman–Crippen LogP) is 2.60. The monoisotopic (exact) mass is 205 g/mol. The van der Waals surface area contributed by atoms with Gasteiger partial charge in [-0.3, -0.25) is 0 Å². The molecule has 1 aliphatic rings. The number of hydrogen-bond acceptors (Lipinski definition) is 2. The van der Waals surface area contributed by atoms with Crippen molar-refractivity contribution in [2.45, 2.75) is 44.9 Å². The molecular formula is C13H19NO. The van der Waals surface area contributed by atoms with Crippen LogP contribution in [0, 0.1) is 0 Å². The summed E-state index contributed by atoms with van der Waals surface area (Å²) in [4.78, 5) is 0. The summed E-state index contributed by atoms with van der Waals surface area (Å²) in [5.74, 6) is 0. The summed E-state index contributed by atoms with van der Waals surface area (Å²) in [7, 11) is 0. The Hall–Kier alpha value is -0.860. The van der Waals surface area contributed by atoms with Gasteiger partial charge in [0.15, 0.2) is 0 Å². The molecule has 0 spiro atoms. The average molecular weight is 205 g/mol. The molecule has 0 amide bonds. The van der Waals surface area contributed by atoms with Crippen molar-refractivity contribution >= 4 is 0 Å². The fourth-order valence-electron chi connectivity index (χ4n) is 2.04. The molecule has 2 rings (SSSR count). The van der Waals surface area contributed by atoms with E-state index in [1.165, 1.54) is 36.8 Å². The van der Waals surface area contributed by atoms with Crippen LogP contribution in [0.5, 0.6) is 0 Å². The van der Waals surface area contributed by atoms with E-state index in [1.807, 2.05) is 0 Å². The number of rotatable bonds is 4. The lowest BCUT2D eigenvalue weighted by Crippen LogP contribution is -2.07. The molecule has 15 heavy (non-hydrogen) atoms. The average Bonchev–Trinajstić information content (AvgIpc) is 2.80. The number of benzene rings is 1. The third-order valence-electron chi connectivity index (χ3n) is 3.05. The predicted molar refractivity (Wildman–Crippen MR) is 61.4 cm³/mol. The van der Waals surface area contributed by atoms with Crippen molar-refractivity contribution in [3.8, 4) is 0 Å². The maximum absolute atomic E-state index is 5.83. The molecule has 1 fully saturated rings. The Kier molecular flexibility index (Phi) is 3.75. The Morgan fingerprint density at radius 2 is 1.67 bits per heavy atom. The standard InChI is InChI=1S/C13H19NO/c14-9-11-5-7-12(8-6-11)10-15-13-3-1-2-4-13/h5-8,13H,1-4,9-10,14H2. The van der Waals surface area contributed by atoms with Gasteiger partial charge < -0.3 is 10.5 Å². The molecule has 0 aliphatic heterocycles. The normalized spacial score (nSPS) is 17.1. The highest BCUT2D eigenvalue weighted by Gasteiger charge is 2.14. The van der Waals surface area contributed by atoms with E-state index < -0.39 is 0 Å². The highest BCUT2D eigenvalue weighted by Crippen LogP contribution is 2.22. The van der Waals surface area contributed by atoms with Gasteiger partial charge in [-0.1, -0.05) is 37.1 Å². The molecule has 1 saturated carbocycles. The highest BCUT2D eigenvalue weighted by atomic mass is 16.5. The molecule has 0 unspecified atom stereocenters. The Morgan fingerprint density at radius 3 is 2.27 bits per heavy atom. The maximum Gasteiger partial charge on any atom is 0.0720 e. The molecule has 1 aromatic carbocycles. The van der Waals surface area contributed by atoms with Crippen molar-refractivity contribution in [3.63, 3.8) is 0 Å². The summed E-state index contributed by atoms with van der Waals surface area (Å²) in [6.07, 6.45) is 5.63. The van der Waals surface area contributed by atoms with Gasteiger partial charge in [0.05, 0.1) is 12.7 Å². The van der Waals surface area contributed by atoms with Crippen LogP contribution in [0.15, 0.2) is 24.3 Å². The zero-order chi connectivity index (χ0) is 10.5. The number of ether oxygens (including phenoxy) is 1. The highest BCUT2D eigenvalue weighted by molar-refractivity contribution is 5.21. The van der Waals surface area contributed by atoms with Gasteiger partial charge in [0, 0.05) is 6.54 Å². The molecule has 1 aliphatic carbocycles. The van der Waals surface area contributed by atoms with Crippen molar-refractivity contribution in [3.05, 3.63) is 35.4 Å². The fraction of sp³-hybridized carbons (Fsp3) is 0.538. The van der Waals surface area contributed by atoms with Gasteiger partial charge in [0.25, 0.3) is 0 Å². The second-order valence-corrected chi connectivity index (χ2v) is 4.24. The molecule has 2 heteroatoms. The first-order chi connectivity index (χ1) is 7.38. The van der Waals surface area contributed by atoms with E-state index in [1.54, 1.807) is 0 Å². The van der Waals surface area contributed by atoms with E-state index in [4.69, 9.17) is 10.5 Å². The third kappa shape index (κ3) is 3.05. The van der Waals surface area contributed by atoms with Crippen molar-refractivity contribution in [2.75, 3.05) is 0 Å². The molecule has 2 N–H and O–H groups in total. The largest absolute Gasteiger partial charge is 0.374 e. The van der Waals surface area contributed by atoms with Gasteiger partial charge in [-0.15, -0.1) is 0 Å². The van der Waals surface area contributed by atoms with E-state index in [2.05, 4.69) is 24.3 Å². The lowest BCUT2D eigenvalue weighted by Gasteiger charge is -2.11. The molecule has 0 saturated heterocycles. The van der Waals surface area contributed by atoms with Crippen LogP contribution in [-0.4, -0.2) is 6.10 Å². The molecular weight excluding hydrogens is 186 g/mol. The Balaban J connectivity index is 1.82. The molecule has 82 valence electrons. The van der Waals surface area contributed by atoms with Gasteiger partial charge in [-0.25, -0.2) is 0 Å². The van der Waals surface area contributed by atoms with E-state index in [-0.39, 0.29) is 0 Å². The van der Waals surface area contributed by atoms with Crippen LogP contribution in [0.1, 0.15) is 36.8 Å². The minimum atomic E-state index is 0.499. The molecule has 0 radical (unpaired) electrons. The summed E-state index contributed by atoms with van der Waals surface area (Å²) in [6.45, 7) is 1.36. The van der Waals surface area contributed by atoms with Crippen LogP contribution in [-0.2, 0) is 17.9 Å². The maximum atomic E-state index is 5.83. The Labute approximate surface area is 91.4 Å². The van der Waals surface area contributed by atoms with Gasteiger partial charge in [-0.05, 0) is 24.0 Å². The van der Waals surface area contributed by atoms with E-state index >= 15 is 0 Å². The first-order valence-electron chi connectivity index (χ1n) is 5.78. The SMILES string of the molecule is NCc1ccc(COC2CCCC2)cc1. The zero-order valence-electron chi connectivity index (χ0n) is 9.11. The molecule has 0 aromatic heterocycles. The van der Waals surface area contributed by atoms with E-state index in [0.29, 0.717) is 12.6 Å².